The number of ether oxygens (including phenoxy) is 1. The van der Waals surface area contributed by atoms with Crippen LogP contribution in [0.25, 0.3) is 0 Å². The summed E-state index contributed by atoms with van der Waals surface area (Å²) in [6.07, 6.45) is 5.42. The molecule has 0 saturated carbocycles. The highest BCUT2D eigenvalue weighted by molar-refractivity contribution is 6.33. The van der Waals surface area contributed by atoms with Crippen LogP contribution in [0.2, 0.25) is 5.02 Å². The lowest BCUT2D eigenvalue weighted by molar-refractivity contribution is -0.143. The molecule has 47 heavy (non-hydrogen) atoms. The van der Waals surface area contributed by atoms with E-state index in [2.05, 4.69) is 28.2 Å². The first-order valence-electron chi connectivity index (χ1n) is 17.2. The monoisotopic (exact) mass is 662 g/mol. The second-order valence-corrected chi connectivity index (χ2v) is 14.9. The van der Waals surface area contributed by atoms with E-state index >= 15 is 0 Å². The lowest BCUT2D eigenvalue weighted by Gasteiger charge is -2.45. The molecule has 4 fully saturated rings. The number of nitrogens with two attached hydrogens (primary N) is 1. The van der Waals surface area contributed by atoms with Crippen molar-refractivity contribution in [1.82, 2.24) is 19.6 Å². The number of fused-ring (bicyclic) bond motifs is 4. The molecule has 3 amide bonds. The number of halogens is 1. The van der Waals surface area contributed by atoms with Crippen LogP contribution in [0, 0.1) is 6.92 Å². The minimum absolute atomic E-state index is 0.00566. The van der Waals surface area contributed by atoms with E-state index in [9.17, 15) is 14.4 Å². The number of hydrogen-bond donors (Lipinski definition) is 2. The summed E-state index contributed by atoms with van der Waals surface area (Å²) in [6.45, 7) is 5.67. The molecule has 5 aliphatic heterocycles. The second kappa shape index (κ2) is 12.9. The predicted octanol–water partition coefficient (Wildman–Crippen LogP) is 4.42. The fourth-order valence-electron chi connectivity index (χ4n) is 8.94. The van der Waals surface area contributed by atoms with Gasteiger partial charge in [-0.1, -0.05) is 35.9 Å². The third kappa shape index (κ3) is 6.32. The van der Waals surface area contributed by atoms with Crippen molar-refractivity contribution in [3.05, 3.63) is 58.1 Å². The summed E-state index contributed by atoms with van der Waals surface area (Å²) in [5, 5.41) is 3.42. The molecule has 5 aliphatic rings. The number of nitrogen functional groups attached to an aromatic ring is 1. The number of hydrogen-bond acceptors (Lipinski definition) is 7. The first-order chi connectivity index (χ1) is 22.6. The fourth-order valence-corrected chi connectivity index (χ4v) is 9.23. The molecule has 1 spiro atoms. The number of likely N-dealkylation sites (tertiary alicyclic amines) is 1. The lowest BCUT2D eigenvalue weighted by atomic mass is 9.68. The van der Waals surface area contributed by atoms with E-state index in [4.69, 9.17) is 22.1 Å². The van der Waals surface area contributed by atoms with E-state index in [1.165, 1.54) is 25.7 Å². The Labute approximate surface area is 282 Å². The zero-order chi connectivity index (χ0) is 32.9. The number of piperazine rings is 1. The number of rotatable bonds is 5. The summed E-state index contributed by atoms with van der Waals surface area (Å²) in [6, 6.07) is 13.5. The number of para-hydroxylation sites is 1. The van der Waals surface area contributed by atoms with Crippen LogP contribution in [0.5, 0.6) is 0 Å². The Morgan fingerprint density at radius 3 is 2.36 bits per heavy atom. The molecular weight excluding hydrogens is 616 g/mol. The Bertz CT molecular complexity index is 1500. The zero-order valence-electron chi connectivity index (χ0n) is 27.6. The van der Waals surface area contributed by atoms with E-state index in [1.54, 1.807) is 11.0 Å². The van der Waals surface area contributed by atoms with Crippen molar-refractivity contribution >= 4 is 40.9 Å². The Balaban J connectivity index is 1.03. The molecule has 0 radical (unpaired) electrons. The van der Waals surface area contributed by atoms with Gasteiger partial charge in [-0.15, -0.1) is 0 Å². The number of carbonyl (C=O) groups excluding carboxylic acids is 3. The molecule has 2 aromatic carbocycles. The molecule has 7 rings (SSSR count). The van der Waals surface area contributed by atoms with Crippen LogP contribution < -0.4 is 11.1 Å². The second-order valence-electron chi connectivity index (χ2n) is 14.5. The minimum Gasteiger partial charge on any atom is -0.436 e. The number of aryl methyl sites for hydroxylation is 1. The highest BCUT2D eigenvalue weighted by atomic mass is 35.5. The van der Waals surface area contributed by atoms with Crippen molar-refractivity contribution in [3.63, 3.8) is 0 Å². The van der Waals surface area contributed by atoms with Gasteiger partial charge in [0.15, 0.2) is 6.10 Å². The third-order valence-corrected chi connectivity index (χ3v) is 12.1. The molecule has 0 aliphatic carbocycles. The standard InChI is InChI=1S/C36H47ClN6O4/c1-23-17-24(18-29(37)33(23)38)19-31(34(45)42-15-13-41(14-16-42)27-20-25-7-8-26(21-27)40(25)2)47-35(46)43-11-9-36(10-12-43)22-32(44)39-30-6-4-3-5-28(30)36/h3-6,17-18,25-27,31H,7-16,19-22,38H2,1-2H3,(H,39,44)/t25?,26?,27?,31-/m1/s1. The van der Waals surface area contributed by atoms with E-state index in [0.717, 1.165) is 35.5 Å². The van der Waals surface area contributed by atoms with Crippen molar-refractivity contribution < 1.29 is 19.1 Å². The van der Waals surface area contributed by atoms with Gasteiger partial charge in [-0.25, -0.2) is 4.79 Å². The largest absolute Gasteiger partial charge is 0.436 e. The summed E-state index contributed by atoms with van der Waals surface area (Å²) >= 11 is 6.43. The van der Waals surface area contributed by atoms with Crippen LogP contribution in [-0.4, -0.2) is 108 Å². The van der Waals surface area contributed by atoms with Gasteiger partial charge >= 0.3 is 6.09 Å². The maximum atomic E-state index is 14.1. The number of carbonyl (C=O) groups is 3. The van der Waals surface area contributed by atoms with Crippen LogP contribution in [0.4, 0.5) is 16.2 Å². The molecule has 2 bridgehead atoms. The smallest absolute Gasteiger partial charge is 0.410 e. The summed E-state index contributed by atoms with van der Waals surface area (Å²) in [5.74, 6) is -0.162. The summed E-state index contributed by atoms with van der Waals surface area (Å²) < 4.78 is 6.10. The lowest BCUT2D eigenvalue weighted by Crippen LogP contribution is -2.57. The van der Waals surface area contributed by atoms with Crippen molar-refractivity contribution in [2.45, 2.75) is 87.9 Å². The van der Waals surface area contributed by atoms with Crippen molar-refractivity contribution in [2.75, 3.05) is 57.4 Å². The Hall–Kier alpha value is -3.34. The summed E-state index contributed by atoms with van der Waals surface area (Å²) in [4.78, 5) is 49.1. The van der Waals surface area contributed by atoms with E-state index < -0.39 is 12.2 Å². The van der Waals surface area contributed by atoms with E-state index in [1.807, 2.05) is 36.1 Å². The van der Waals surface area contributed by atoms with Crippen LogP contribution in [0.1, 0.15) is 61.6 Å². The molecule has 5 heterocycles. The molecular formula is C36H47ClN6O4. The van der Waals surface area contributed by atoms with Gasteiger partial charge in [-0.3, -0.25) is 14.5 Å². The Kier molecular flexibility index (Phi) is 8.87. The first kappa shape index (κ1) is 32.2. The first-order valence-corrected chi connectivity index (χ1v) is 17.6. The quantitative estimate of drug-likeness (QED) is 0.456. The van der Waals surface area contributed by atoms with Gasteiger partial charge in [-0.2, -0.15) is 0 Å². The van der Waals surface area contributed by atoms with E-state index in [-0.39, 0.29) is 23.7 Å². The number of nitrogens with zero attached hydrogens (tertiary/aromatic N) is 4. The highest BCUT2D eigenvalue weighted by Gasteiger charge is 2.45. The average molecular weight is 663 g/mol. The van der Waals surface area contributed by atoms with Gasteiger partial charge in [0, 0.05) is 81.3 Å². The van der Waals surface area contributed by atoms with E-state index in [0.29, 0.717) is 74.3 Å². The van der Waals surface area contributed by atoms with Gasteiger partial charge in [0.05, 0.1) is 10.7 Å². The fraction of sp³-hybridized carbons (Fsp3) is 0.583. The van der Waals surface area contributed by atoms with Gasteiger partial charge in [0.2, 0.25) is 5.91 Å². The van der Waals surface area contributed by atoms with Crippen molar-refractivity contribution in [3.8, 4) is 0 Å². The maximum Gasteiger partial charge on any atom is 0.410 e. The number of anilines is 2. The number of nitrogens with one attached hydrogen (secondary N) is 1. The molecule has 10 nitrogen and oxygen atoms in total. The third-order valence-electron chi connectivity index (χ3n) is 11.8. The van der Waals surface area contributed by atoms with Crippen LogP contribution in [-0.2, 0) is 26.2 Å². The number of piperidine rings is 2. The highest BCUT2D eigenvalue weighted by Crippen LogP contribution is 2.45. The molecule has 3 atom stereocenters. The molecule has 3 N–H and O–H groups in total. The van der Waals surface area contributed by atoms with Gasteiger partial charge < -0.3 is 30.5 Å². The number of benzene rings is 2. The predicted molar refractivity (Wildman–Crippen MR) is 182 cm³/mol. The van der Waals surface area contributed by atoms with Gasteiger partial charge in [-0.05, 0) is 81.3 Å². The molecule has 11 heteroatoms. The zero-order valence-corrected chi connectivity index (χ0v) is 28.3. The SMILES string of the molecule is Cc1cc(C[C@@H](OC(=O)N2CCC3(CC2)CC(=O)Nc2ccccc23)C(=O)N2CCN(C3CC4CCC(C3)N4C)CC2)cc(Cl)c1N. The van der Waals surface area contributed by atoms with Crippen molar-refractivity contribution in [1.29, 1.82) is 0 Å². The van der Waals surface area contributed by atoms with Gasteiger partial charge in [0.25, 0.3) is 5.91 Å². The maximum absolute atomic E-state index is 14.1. The normalized spacial score (nSPS) is 26.5. The molecule has 2 unspecified atom stereocenters. The minimum atomic E-state index is -0.982. The topological polar surface area (TPSA) is 111 Å². The Morgan fingerprint density at radius 1 is 1.00 bits per heavy atom. The Morgan fingerprint density at radius 2 is 1.68 bits per heavy atom. The summed E-state index contributed by atoms with van der Waals surface area (Å²) in [7, 11) is 2.27. The summed E-state index contributed by atoms with van der Waals surface area (Å²) in [5.41, 5.74) is 9.91. The van der Waals surface area contributed by atoms with Crippen LogP contribution in [0.15, 0.2) is 36.4 Å². The van der Waals surface area contributed by atoms with Crippen molar-refractivity contribution in [2.24, 2.45) is 0 Å². The molecule has 2 aromatic rings. The van der Waals surface area contributed by atoms with Crippen LogP contribution >= 0.6 is 11.6 Å². The molecule has 0 aromatic heterocycles. The molecule has 4 saturated heterocycles. The molecule has 252 valence electrons. The number of amides is 3. The van der Waals surface area contributed by atoms with Gasteiger partial charge in [0.1, 0.15) is 0 Å². The van der Waals surface area contributed by atoms with Crippen LogP contribution in [0.3, 0.4) is 0 Å². The average Bonchev–Trinajstić information content (AvgIpc) is 3.25.